The zero-order valence-electron chi connectivity index (χ0n) is 21.6. The number of aliphatic imine (C=N–C) groups is 1. The second-order valence-electron chi connectivity index (χ2n) is 9.49. The largest absolute Gasteiger partial charge is 0.480 e. The molecule has 0 spiro atoms. The van der Waals surface area contributed by atoms with Gasteiger partial charge in [-0.05, 0) is 18.4 Å². The molecule has 3 rings (SSSR count). The number of rotatable bonds is 10. The van der Waals surface area contributed by atoms with Crippen molar-refractivity contribution in [2.24, 2.45) is 16.6 Å². The Balaban J connectivity index is 2.08. The Morgan fingerprint density at radius 3 is 2.37 bits per heavy atom. The van der Waals surface area contributed by atoms with Crippen molar-refractivity contribution in [3.05, 3.63) is 65.7 Å². The Kier molecular flexibility index (Phi) is 9.65. The van der Waals surface area contributed by atoms with Crippen molar-refractivity contribution < 1.29 is 24.3 Å². The highest BCUT2D eigenvalue weighted by Crippen LogP contribution is 2.29. The summed E-state index contributed by atoms with van der Waals surface area (Å²) in [5.74, 6) is -2.88. The number of hydrogen-bond donors (Lipinski definition) is 4. The topological polar surface area (TPSA) is 145 Å². The zero-order chi connectivity index (χ0) is 28.0. The molecule has 0 unspecified atom stereocenters. The molecule has 10 nitrogen and oxygen atoms in total. The average Bonchev–Trinajstić information content (AvgIpc) is 3.02. The van der Waals surface area contributed by atoms with Crippen LogP contribution in [0, 0.1) is 5.92 Å². The molecule has 4 N–H and O–H groups in total. The number of fused-ring (bicyclic) bond motifs is 1. The molecule has 0 saturated carbocycles. The van der Waals surface area contributed by atoms with Gasteiger partial charge in [-0.15, -0.1) is 0 Å². The minimum absolute atomic E-state index is 0.0267. The van der Waals surface area contributed by atoms with Gasteiger partial charge < -0.3 is 21.1 Å². The standard InChI is InChI=1S/C27H33N5O5S/c1-16(2)13-20(27(36)37)29-22(33)14-32-21-12-8-7-11-18(21)23(17-9-5-4-6-10-17)30-24(26(32)35)31(3)25(34)19(28)15-38/h4-12,16,19-20,24,38H,13-15,28H2,1-3H3,(H,29,33)(H,36,37)/t19-,20-,24+/m0/s1. The molecule has 3 amide bonds. The average molecular weight is 540 g/mol. The van der Waals surface area contributed by atoms with Crippen LogP contribution in [0.1, 0.15) is 31.4 Å². The lowest BCUT2D eigenvalue weighted by atomic mass is 10.00. The summed E-state index contributed by atoms with van der Waals surface area (Å²) < 4.78 is 0. The van der Waals surface area contributed by atoms with Crippen LogP contribution in [0.5, 0.6) is 0 Å². The van der Waals surface area contributed by atoms with Gasteiger partial charge in [0.05, 0.1) is 17.4 Å². The molecule has 1 aliphatic rings. The van der Waals surface area contributed by atoms with Crippen molar-refractivity contribution in [2.75, 3.05) is 24.2 Å². The third-order valence-electron chi connectivity index (χ3n) is 6.11. The van der Waals surface area contributed by atoms with Crippen LogP contribution < -0.4 is 16.0 Å². The maximum Gasteiger partial charge on any atom is 0.326 e. The number of likely N-dealkylation sites (N-methyl/N-ethyl adjacent to an activating group) is 1. The van der Waals surface area contributed by atoms with E-state index in [1.54, 1.807) is 24.3 Å². The number of anilines is 1. The summed E-state index contributed by atoms with van der Waals surface area (Å²) in [6, 6.07) is 14.1. The van der Waals surface area contributed by atoms with Gasteiger partial charge >= 0.3 is 5.97 Å². The van der Waals surface area contributed by atoms with Crippen LogP contribution >= 0.6 is 12.6 Å². The van der Waals surface area contributed by atoms with Gasteiger partial charge in [-0.1, -0.05) is 62.4 Å². The summed E-state index contributed by atoms with van der Waals surface area (Å²) in [5, 5.41) is 12.1. The Bertz CT molecular complexity index is 1220. The van der Waals surface area contributed by atoms with Crippen molar-refractivity contribution in [1.29, 1.82) is 0 Å². The Labute approximate surface area is 227 Å². The third-order valence-corrected chi connectivity index (χ3v) is 6.50. The van der Waals surface area contributed by atoms with Crippen LogP contribution in [0.2, 0.25) is 0 Å². The molecule has 1 heterocycles. The van der Waals surface area contributed by atoms with Gasteiger partial charge in [0.1, 0.15) is 12.6 Å². The first-order chi connectivity index (χ1) is 18.0. The highest BCUT2D eigenvalue weighted by molar-refractivity contribution is 7.80. The number of hydrogen-bond acceptors (Lipinski definition) is 7. The van der Waals surface area contributed by atoms with E-state index in [1.165, 1.54) is 11.9 Å². The maximum atomic E-state index is 13.9. The van der Waals surface area contributed by atoms with Gasteiger partial charge in [0, 0.05) is 23.9 Å². The van der Waals surface area contributed by atoms with Crippen molar-refractivity contribution in [1.82, 2.24) is 10.2 Å². The molecule has 0 bridgehead atoms. The number of nitrogens with two attached hydrogens (primary N) is 1. The number of nitrogens with one attached hydrogen (secondary N) is 1. The van der Waals surface area contributed by atoms with E-state index in [0.717, 1.165) is 4.90 Å². The van der Waals surface area contributed by atoms with Gasteiger partial charge in [-0.2, -0.15) is 12.6 Å². The summed E-state index contributed by atoms with van der Waals surface area (Å²) in [7, 11) is 1.43. The van der Waals surface area contributed by atoms with Crippen molar-refractivity contribution in [3.8, 4) is 0 Å². The second-order valence-corrected chi connectivity index (χ2v) is 9.85. The Hall–Kier alpha value is -3.70. The van der Waals surface area contributed by atoms with E-state index < -0.39 is 48.5 Å². The van der Waals surface area contributed by atoms with Crippen molar-refractivity contribution >= 4 is 47.7 Å². The minimum atomic E-state index is -1.32. The van der Waals surface area contributed by atoms with E-state index in [4.69, 9.17) is 10.7 Å². The summed E-state index contributed by atoms with van der Waals surface area (Å²) in [5.41, 5.74) is 8.09. The maximum absolute atomic E-state index is 13.9. The van der Waals surface area contributed by atoms with Crippen molar-refractivity contribution in [2.45, 2.75) is 38.5 Å². The molecule has 0 aromatic heterocycles. The fraction of sp³-hybridized carbons (Fsp3) is 0.370. The van der Waals surface area contributed by atoms with Crippen molar-refractivity contribution in [3.63, 3.8) is 0 Å². The van der Waals surface area contributed by atoms with E-state index in [2.05, 4.69) is 17.9 Å². The van der Waals surface area contributed by atoms with Gasteiger partial charge in [0.2, 0.25) is 18.0 Å². The molecular weight excluding hydrogens is 506 g/mol. The molecule has 0 saturated heterocycles. The van der Waals surface area contributed by atoms with Crippen LogP contribution in [-0.2, 0) is 19.2 Å². The molecule has 0 radical (unpaired) electrons. The van der Waals surface area contributed by atoms with Gasteiger partial charge in [-0.3, -0.25) is 19.3 Å². The number of benzodiazepines with no additional fused rings is 1. The third kappa shape index (κ3) is 6.59. The molecule has 202 valence electrons. The highest BCUT2D eigenvalue weighted by atomic mass is 32.1. The number of para-hydroxylation sites is 1. The Morgan fingerprint density at radius 1 is 1.13 bits per heavy atom. The summed E-state index contributed by atoms with van der Waals surface area (Å²) in [6.45, 7) is 3.24. The molecule has 3 atom stereocenters. The number of nitrogens with zero attached hydrogens (tertiary/aromatic N) is 3. The predicted octanol–water partition coefficient (Wildman–Crippen LogP) is 1.53. The number of amides is 3. The summed E-state index contributed by atoms with van der Waals surface area (Å²) >= 11 is 4.10. The Morgan fingerprint density at radius 2 is 1.76 bits per heavy atom. The highest BCUT2D eigenvalue weighted by Gasteiger charge is 2.38. The quantitative estimate of drug-likeness (QED) is 0.337. The lowest BCUT2D eigenvalue weighted by molar-refractivity contribution is -0.142. The first-order valence-corrected chi connectivity index (χ1v) is 12.9. The minimum Gasteiger partial charge on any atom is -0.480 e. The molecule has 0 aliphatic carbocycles. The van der Waals surface area contributed by atoms with Crippen LogP contribution in [0.25, 0.3) is 0 Å². The summed E-state index contributed by atoms with van der Waals surface area (Å²) in [4.78, 5) is 58.8. The molecule has 0 fully saturated rings. The molecule has 2 aromatic rings. The van der Waals surface area contributed by atoms with E-state index >= 15 is 0 Å². The number of carbonyl (C=O) groups is 4. The SMILES string of the molecule is CC(C)C[C@H](NC(=O)CN1C(=O)[C@@H](N(C)C(=O)[C@@H](N)CS)N=C(c2ccccc2)c2ccccc21)C(=O)O. The van der Waals surface area contributed by atoms with Crippen LogP contribution in [0.15, 0.2) is 59.6 Å². The van der Waals surface area contributed by atoms with Gasteiger partial charge in [0.15, 0.2) is 0 Å². The fourth-order valence-corrected chi connectivity index (χ4v) is 4.35. The van der Waals surface area contributed by atoms with E-state index in [0.29, 0.717) is 22.5 Å². The lowest BCUT2D eigenvalue weighted by Gasteiger charge is -2.30. The normalized spacial score (nSPS) is 16.7. The van der Waals surface area contributed by atoms with Gasteiger partial charge in [-0.25, -0.2) is 9.79 Å². The zero-order valence-corrected chi connectivity index (χ0v) is 22.5. The molecular formula is C27H33N5O5S. The smallest absolute Gasteiger partial charge is 0.326 e. The van der Waals surface area contributed by atoms with E-state index in [9.17, 15) is 24.3 Å². The van der Waals surface area contributed by atoms with E-state index in [-0.39, 0.29) is 18.1 Å². The number of carbonyl (C=O) groups excluding carboxylic acids is 3. The number of carboxylic acid groups (broad SMARTS) is 1. The predicted molar refractivity (Wildman–Crippen MR) is 148 cm³/mol. The fourth-order valence-electron chi connectivity index (χ4n) is 4.19. The number of carboxylic acids is 1. The number of aliphatic carboxylic acids is 1. The second kappa shape index (κ2) is 12.7. The molecule has 11 heteroatoms. The van der Waals surface area contributed by atoms with E-state index in [1.807, 2.05) is 44.2 Å². The van der Waals surface area contributed by atoms with Crippen LogP contribution in [0.4, 0.5) is 5.69 Å². The lowest BCUT2D eigenvalue weighted by Crippen LogP contribution is -2.55. The first-order valence-electron chi connectivity index (χ1n) is 12.2. The monoisotopic (exact) mass is 539 g/mol. The number of thiol groups is 1. The molecule has 2 aromatic carbocycles. The van der Waals surface area contributed by atoms with Gasteiger partial charge in [0.25, 0.3) is 5.91 Å². The number of benzene rings is 2. The summed E-state index contributed by atoms with van der Waals surface area (Å²) in [6.07, 6.45) is -1.09. The van der Waals surface area contributed by atoms with Crippen LogP contribution in [-0.4, -0.2) is 77.0 Å². The van der Waals surface area contributed by atoms with Crippen LogP contribution in [0.3, 0.4) is 0 Å². The first kappa shape index (κ1) is 28.9. The molecule has 1 aliphatic heterocycles. The molecule has 38 heavy (non-hydrogen) atoms.